The van der Waals surface area contributed by atoms with Gasteiger partial charge in [-0.1, -0.05) is 0 Å². The number of nitro groups is 1. The molecule has 1 amide bonds. The Labute approximate surface area is 132 Å². The number of nitrogens with zero attached hydrogens (tertiary/aromatic N) is 5. The van der Waals surface area contributed by atoms with E-state index in [9.17, 15) is 14.9 Å². The number of carbonyl (C=O) groups is 1. The summed E-state index contributed by atoms with van der Waals surface area (Å²) in [6, 6.07) is 4.14. The Hall–Kier alpha value is -2.97. The van der Waals surface area contributed by atoms with Gasteiger partial charge in [0.25, 0.3) is 5.91 Å². The number of hydrogen-bond donors (Lipinski definition) is 1. The van der Waals surface area contributed by atoms with E-state index >= 15 is 0 Å². The molecule has 23 heavy (non-hydrogen) atoms. The van der Waals surface area contributed by atoms with E-state index in [0.717, 1.165) is 5.69 Å². The molecule has 3 rings (SSSR count). The van der Waals surface area contributed by atoms with Crippen LogP contribution in [-0.2, 0) is 11.8 Å². The molecule has 1 fully saturated rings. The first-order valence-electron chi connectivity index (χ1n) is 7.15. The van der Waals surface area contributed by atoms with Gasteiger partial charge in [0.1, 0.15) is 11.9 Å². The molecule has 0 saturated carbocycles. The average molecular weight is 316 g/mol. The Morgan fingerprint density at radius 3 is 2.91 bits per heavy atom. The first-order valence-corrected chi connectivity index (χ1v) is 7.15. The number of pyridine rings is 1. The molecule has 1 atom stereocenters. The molecule has 1 aliphatic heterocycles. The van der Waals surface area contributed by atoms with Gasteiger partial charge >= 0.3 is 5.69 Å². The molecule has 0 aliphatic carbocycles. The van der Waals surface area contributed by atoms with E-state index in [0.29, 0.717) is 18.8 Å². The van der Waals surface area contributed by atoms with E-state index in [4.69, 9.17) is 0 Å². The number of hydrogen-bond acceptors (Lipinski definition) is 6. The van der Waals surface area contributed by atoms with Crippen LogP contribution in [0, 0.1) is 17.0 Å². The molecule has 0 spiro atoms. The molecule has 9 heteroatoms. The molecular weight excluding hydrogens is 300 g/mol. The van der Waals surface area contributed by atoms with Gasteiger partial charge in [0.05, 0.1) is 10.6 Å². The lowest BCUT2D eigenvalue weighted by molar-refractivity contribution is -0.384. The summed E-state index contributed by atoms with van der Waals surface area (Å²) in [7, 11) is 1.78. The standard InChI is InChI=1S/C14H16N6O3/c1-9-8-12(18(2)17-9)19-7-5-10(14(19)21)16-13-11(20(22)23)4-3-6-15-13/h3-4,6,8,10H,5,7H2,1-2H3,(H,15,16)/t10-/m0/s1. The number of amides is 1. The molecule has 1 aliphatic rings. The fourth-order valence-corrected chi connectivity index (χ4v) is 2.71. The van der Waals surface area contributed by atoms with Gasteiger partial charge in [0.15, 0.2) is 0 Å². The summed E-state index contributed by atoms with van der Waals surface area (Å²) in [5, 5.41) is 18.2. The molecule has 2 aromatic rings. The van der Waals surface area contributed by atoms with E-state index in [1.165, 1.54) is 18.3 Å². The number of aryl methyl sites for hydroxylation is 2. The van der Waals surface area contributed by atoms with Crippen molar-refractivity contribution in [3.8, 4) is 0 Å². The second-order valence-electron chi connectivity index (χ2n) is 5.37. The summed E-state index contributed by atoms with van der Waals surface area (Å²) in [6.45, 7) is 2.38. The summed E-state index contributed by atoms with van der Waals surface area (Å²) in [5.41, 5.74) is 0.683. The average Bonchev–Trinajstić information content (AvgIpc) is 3.02. The maximum Gasteiger partial charge on any atom is 0.311 e. The van der Waals surface area contributed by atoms with Crippen LogP contribution in [0.2, 0.25) is 0 Å². The van der Waals surface area contributed by atoms with Crippen molar-refractivity contribution in [2.45, 2.75) is 19.4 Å². The zero-order valence-corrected chi connectivity index (χ0v) is 12.8. The van der Waals surface area contributed by atoms with Crippen LogP contribution in [0.5, 0.6) is 0 Å². The van der Waals surface area contributed by atoms with Crippen LogP contribution in [0.1, 0.15) is 12.1 Å². The van der Waals surface area contributed by atoms with Gasteiger partial charge in [-0.05, 0) is 19.4 Å². The van der Waals surface area contributed by atoms with Crippen LogP contribution < -0.4 is 10.2 Å². The number of nitrogens with one attached hydrogen (secondary N) is 1. The lowest BCUT2D eigenvalue weighted by atomic mass is 10.2. The molecular formula is C14H16N6O3. The van der Waals surface area contributed by atoms with Crippen molar-refractivity contribution in [1.29, 1.82) is 0 Å². The van der Waals surface area contributed by atoms with E-state index in [1.807, 2.05) is 13.0 Å². The first kappa shape index (κ1) is 14.9. The second kappa shape index (κ2) is 5.67. The first-order chi connectivity index (χ1) is 11.0. The van der Waals surface area contributed by atoms with Gasteiger partial charge in [-0.2, -0.15) is 5.10 Å². The Balaban J connectivity index is 1.80. The fourth-order valence-electron chi connectivity index (χ4n) is 2.71. The molecule has 2 aromatic heterocycles. The van der Waals surface area contributed by atoms with Crippen molar-refractivity contribution in [1.82, 2.24) is 14.8 Å². The zero-order chi connectivity index (χ0) is 16.6. The highest BCUT2D eigenvalue weighted by molar-refractivity contribution is 6.00. The third-order valence-corrected chi connectivity index (χ3v) is 3.75. The summed E-state index contributed by atoms with van der Waals surface area (Å²) in [6.07, 6.45) is 1.99. The molecule has 0 unspecified atom stereocenters. The van der Waals surface area contributed by atoms with Crippen molar-refractivity contribution in [3.63, 3.8) is 0 Å². The van der Waals surface area contributed by atoms with Crippen LogP contribution in [0.25, 0.3) is 0 Å². The lowest BCUT2D eigenvalue weighted by Gasteiger charge is -2.17. The van der Waals surface area contributed by atoms with Gasteiger partial charge in [0, 0.05) is 31.9 Å². The van der Waals surface area contributed by atoms with E-state index in [-0.39, 0.29) is 17.4 Å². The summed E-state index contributed by atoms with van der Waals surface area (Å²) < 4.78 is 1.65. The smallest absolute Gasteiger partial charge is 0.311 e. The Bertz CT molecular complexity index is 772. The topological polar surface area (TPSA) is 106 Å². The fraction of sp³-hybridized carbons (Fsp3) is 0.357. The second-order valence-corrected chi connectivity index (χ2v) is 5.37. The molecule has 3 heterocycles. The van der Waals surface area contributed by atoms with Gasteiger partial charge < -0.3 is 5.32 Å². The number of rotatable bonds is 4. The van der Waals surface area contributed by atoms with Crippen LogP contribution in [0.15, 0.2) is 24.4 Å². The third-order valence-electron chi connectivity index (χ3n) is 3.75. The van der Waals surface area contributed by atoms with Crippen molar-refractivity contribution in [2.75, 3.05) is 16.8 Å². The van der Waals surface area contributed by atoms with Gasteiger partial charge in [0.2, 0.25) is 5.82 Å². The summed E-state index contributed by atoms with van der Waals surface area (Å²) in [5.74, 6) is 0.680. The highest BCUT2D eigenvalue weighted by atomic mass is 16.6. The Kier molecular flexibility index (Phi) is 3.68. The third kappa shape index (κ3) is 2.72. The zero-order valence-electron chi connectivity index (χ0n) is 12.8. The number of anilines is 2. The van der Waals surface area contributed by atoms with Crippen molar-refractivity contribution >= 4 is 23.2 Å². The predicted octanol–water partition coefficient (Wildman–Crippen LogP) is 1.25. The predicted molar refractivity (Wildman–Crippen MR) is 83.2 cm³/mol. The minimum atomic E-state index is -0.543. The highest BCUT2D eigenvalue weighted by Crippen LogP contribution is 2.26. The molecule has 9 nitrogen and oxygen atoms in total. The van der Waals surface area contributed by atoms with Crippen molar-refractivity contribution in [3.05, 3.63) is 40.2 Å². The quantitative estimate of drug-likeness (QED) is 0.672. The molecule has 1 N–H and O–H groups in total. The maximum atomic E-state index is 12.6. The van der Waals surface area contributed by atoms with E-state index in [2.05, 4.69) is 15.4 Å². The van der Waals surface area contributed by atoms with E-state index < -0.39 is 11.0 Å². The lowest BCUT2D eigenvalue weighted by Crippen LogP contribution is -2.34. The molecule has 0 bridgehead atoms. The number of aromatic nitrogens is 3. The van der Waals surface area contributed by atoms with Crippen molar-refractivity contribution < 1.29 is 9.72 Å². The van der Waals surface area contributed by atoms with Crippen LogP contribution in [0.4, 0.5) is 17.3 Å². The van der Waals surface area contributed by atoms with E-state index in [1.54, 1.807) is 16.6 Å². The minimum absolute atomic E-state index is 0.110. The normalized spacial score (nSPS) is 17.6. The molecule has 0 aromatic carbocycles. The molecule has 1 saturated heterocycles. The van der Waals surface area contributed by atoms with Crippen LogP contribution in [0.3, 0.4) is 0 Å². The van der Waals surface area contributed by atoms with Crippen LogP contribution in [-0.4, -0.2) is 38.2 Å². The molecule has 120 valence electrons. The molecule has 0 radical (unpaired) electrons. The van der Waals surface area contributed by atoms with Gasteiger partial charge in [-0.15, -0.1) is 0 Å². The van der Waals surface area contributed by atoms with Crippen molar-refractivity contribution in [2.24, 2.45) is 7.05 Å². The van der Waals surface area contributed by atoms with Gasteiger partial charge in [-0.25, -0.2) is 4.98 Å². The Morgan fingerprint density at radius 2 is 2.26 bits per heavy atom. The van der Waals surface area contributed by atoms with Gasteiger partial charge in [-0.3, -0.25) is 24.5 Å². The SMILES string of the molecule is Cc1cc(N2CC[C@H](Nc3ncccc3[N+](=O)[O-])C2=O)n(C)n1. The van der Waals surface area contributed by atoms with Crippen LogP contribution >= 0.6 is 0 Å². The Morgan fingerprint density at radius 1 is 1.48 bits per heavy atom. The highest BCUT2D eigenvalue weighted by Gasteiger charge is 2.35. The summed E-state index contributed by atoms with van der Waals surface area (Å²) in [4.78, 5) is 28.7. The maximum absolute atomic E-state index is 12.6. The summed E-state index contributed by atoms with van der Waals surface area (Å²) >= 11 is 0. The largest absolute Gasteiger partial charge is 0.353 e. The minimum Gasteiger partial charge on any atom is -0.353 e. The number of carbonyl (C=O) groups excluding carboxylic acids is 1. The monoisotopic (exact) mass is 316 g/mol.